The van der Waals surface area contributed by atoms with Crippen LogP contribution in [0.1, 0.15) is 17.5 Å². The van der Waals surface area contributed by atoms with Crippen LogP contribution in [0.3, 0.4) is 0 Å². The topological polar surface area (TPSA) is 21.3 Å². The molecule has 0 fully saturated rings. The van der Waals surface area contributed by atoms with E-state index in [9.17, 15) is 0 Å². The molecule has 0 bridgehead atoms. The second kappa shape index (κ2) is 6.59. The van der Waals surface area contributed by atoms with E-state index in [2.05, 4.69) is 36.5 Å². The predicted molar refractivity (Wildman–Crippen MR) is 64.2 cm³/mol. The third-order valence-electron chi connectivity index (χ3n) is 2.68. The van der Waals surface area contributed by atoms with Gasteiger partial charge in [-0.3, -0.25) is 0 Å². The summed E-state index contributed by atoms with van der Waals surface area (Å²) in [5.41, 5.74) is 2.70. The van der Waals surface area contributed by atoms with Crippen molar-refractivity contribution in [3.63, 3.8) is 0 Å². The molecule has 0 aliphatic heterocycles. The van der Waals surface area contributed by atoms with Crippen molar-refractivity contribution in [3.05, 3.63) is 35.4 Å². The van der Waals surface area contributed by atoms with Gasteiger partial charge in [-0.25, -0.2) is 0 Å². The molecule has 0 heterocycles. The first-order valence-electron chi connectivity index (χ1n) is 5.48. The van der Waals surface area contributed by atoms with Crippen LogP contribution >= 0.6 is 0 Å². The van der Waals surface area contributed by atoms with Gasteiger partial charge in [-0.1, -0.05) is 29.8 Å². The van der Waals surface area contributed by atoms with Gasteiger partial charge in [0.05, 0.1) is 0 Å². The molecule has 0 radical (unpaired) electrons. The first kappa shape index (κ1) is 12.2. The van der Waals surface area contributed by atoms with Crippen LogP contribution in [0.2, 0.25) is 0 Å². The molecule has 84 valence electrons. The highest BCUT2D eigenvalue weighted by molar-refractivity contribution is 5.22. The standard InChI is InChI=1S/C13H21NO/c1-11-4-6-12(7-5-11)10-13(14-2)8-9-15-3/h4-7,13-14H,8-10H2,1-3H3. The molecule has 0 saturated heterocycles. The van der Waals surface area contributed by atoms with Crippen LogP contribution in [0.15, 0.2) is 24.3 Å². The van der Waals surface area contributed by atoms with Gasteiger partial charge in [-0.15, -0.1) is 0 Å². The smallest absolute Gasteiger partial charge is 0.0477 e. The Bertz CT molecular complexity index is 268. The monoisotopic (exact) mass is 207 g/mol. The lowest BCUT2D eigenvalue weighted by molar-refractivity contribution is 0.184. The number of aryl methyl sites for hydroxylation is 1. The van der Waals surface area contributed by atoms with Crippen molar-refractivity contribution in [3.8, 4) is 0 Å². The highest BCUT2D eigenvalue weighted by Gasteiger charge is 2.06. The number of hydrogen-bond acceptors (Lipinski definition) is 2. The molecule has 0 amide bonds. The lowest BCUT2D eigenvalue weighted by atomic mass is 10.0. The lowest BCUT2D eigenvalue weighted by Gasteiger charge is -2.15. The number of nitrogens with one attached hydrogen (secondary N) is 1. The molecule has 0 aromatic heterocycles. The molecule has 2 nitrogen and oxygen atoms in total. The molecule has 1 atom stereocenters. The van der Waals surface area contributed by atoms with Gasteiger partial charge >= 0.3 is 0 Å². The van der Waals surface area contributed by atoms with E-state index in [4.69, 9.17) is 4.74 Å². The highest BCUT2D eigenvalue weighted by atomic mass is 16.5. The van der Waals surface area contributed by atoms with Crippen LogP contribution in [0.5, 0.6) is 0 Å². The molecule has 1 N–H and O–H groups in total. The maximum absolute atomic E-state index is 5.09. The largest absolute Gasteiger partial charge is 0.385 e. The Kier molecular flexibility index (Phi) is 5.37. The molecule has 1 unspecified atom stereocenters. The van der Waals surface area contributed by atoms with Crippen LogP contribution < -0.4 is 5.32 Å². The van der Waals surface area contributed by atoms with Gasteiger partial charge in [0.25, 0.3) is 0 Å². The maximum Gasteiger partial charge on any atom is 0.0477 e. The van der Waals surface area contributed by atoms with Gasteiger partial charge in [0, 0.05) is 19.8 Å². The Labute approximate surface area is 92.6 Å². The third kappa shape index (κ3) is 4.45. The number of benzene rings is 1. The van der Waals surface area contributed by atoms with Crippen molar-refractivity contribution in [2.45, 2.75) is 25.8 Å². The van der Waals surface area contributed by atoms with Gasteiger partial charge in [-0.05, 0) is 32.4 Å². The second-order valence-electron chi connectivity index (χ2n) is 3.96. The zero-order chi connectivity index (χ0) is 11.1. The first-order chi connectivity index (χ1) is 7.26. The number of rotatable bonds is 6. The molecule has 0 saturated carbocycles. The molecule has 15 heavy (non-hydrogen) atoms. The van der Waals surface area contributed by atoms with Gasteiger partial charge in [0.2, 0.25) is 0 Å². The summed E-state index contributed by atoms with van der Waals surface area (Å²) in [5, 5.41) is 3.32. The molecule has 0 aliphatic carbocycles. The van der Waals surface area contributed by atoms with Crippen molar-refractivity contribution in [1.82, 2.24) is 5.32 Å². The molecule has 1 rings (SSSR count). The van der Waals surface area contributed by atoms with Gasteiger partial charge < -0.3 is 10.1 Å². The number of methoxy groups -OCH3 is 1. The minimum atomic E-state index is 0.507. The van der Waals surface area contributed by atoms with Crippen LogP contribution in [0.4, 0.5) is 0 Å². The summed E-state index contributed by atoms with van der Waals surface area (Å²) in [4.78, 5) is 0. The van der Waals surface area contributed by atoms with E-state index in [1.807, 2.05) is 7.05 Å². The van der Waals surface area contributed by atoms with Crippen molar-refractivity contribution in [1.29, 1.82) is 0 Å². The SMILES string of the molecule is CNC(CCOC)Cc1ccc(C)cc1. The van der Waals surface area contributed by atoms with Crippen LogP contribution in [-0.4, -0.2) is 26.8 Å². The minimum absolute atomic E-state index is 0.507. The number of likely N-dealkylation sites (N-methyl/N-ethyl adjacent to an activating group) is 1. The lowest BCUT2D eigenvalue weighted by Crippen LogP contribution is -2.28. The zero-order valence-corrected chi connectivity index (χ0v) is 9.92. The van der Waals surface area contributed by atoms with E-state index in [0.717, 1.165) is 19.4 Å². The fourth-order valence-corrected chi connectivity index (χ4v) is 1.62. The second-order valence-corrected chi connectivity index (χ2v) is 3.96. The van der Waals surface area contributed by atoms with Crippen molar-refractivity contribution in [2.24, 2.45) is 0 Å². The summed E-state index contributed by atoms with van der Waals surface area (Å²) in [7, 11) is 3.76. The van der Waals surface area contributed by atoms with Crippen LogP contribution in [0.25, 0.3) is 0 Å². The summed E-state index contributed by atoms with van der Waals surface area (Å²) >= 11 is 0. The van der Waals surface area contributed by atoms with Crippen LogP contribution in [0, 0.1) is 6.92 Å². The van der Waals surface area contributed by atoms with E-state index in [1.165, 1.54) is 11.1 Å². The van der Waals surface area contributed by atoms with Gasteiger partial charge in [0.15, 0.2) is 0 Å². The van der Waals surface area contributed by atoms with Crippen molar-refractivity contribution < 1.29 is 4.74 Å². The van der Waals surface area contributed by atoms with E-state index in [-0.39, 0.29) is 0 Å². The van der Waals surface area contributed by atoms with Gasteiger partial charge in [-0.2, -0.15) is 0 Å². The molecule has 0 spiro atoms. The van der Waals surface area contributed by atoms with Crippen molar-refractivity contribution in [2.75, 3.05) is 20.8 Å². The maximum atomic E-state index is 5.09. The number of hydrogen-bond donors (Lipinski definition) is 1. The van der Waals surface area contributed by atoms with E-state index in [1.54, 1.807) is 7.11 Å². The molecule has 0 aliphatic rings. The Morgan fingerprint density at radius 2 is 1.93 bits per heavy atom. The van der Waals surface area contributed by atoms with Gasteiger partial charge in [0.1, 0.15) is 0 Å². The molecular weight excluding hydrogens is 186 g/mol. The summed E-state index contributed by atoms with van der Waals surface area (Å²) in [6, 6.07) is 9.24. The van der Waals surface area contributed by atoms with E-state index in [0.29, 0.717) is 6.04 Å². The Balaban J connectivity index is 2.47. The highest BCUT2D eigenvalue weighted by Crippen LogP contribution is 2.07. The predicted octanol–water partition coefficient (Wildman–Crippen LogP) is 2.16. The average Bonchev–Trinajstić information content (AvgIpc) is 2.27. The summed E-state index contributed by atoms with van der Waals surface area (Å²) in [6.07, 6.45) is 2.13. The van der Waals surface area contributed by atoms with E-state index >= 15 is 0 Å². The number of ether oxygens (including phenoxy) is 1. The summed E-state index contributed by atoms with van der Waals surface area (Å²) in [5.74, 6) is 0. The summed E-state index contributed by atoms with van der Waals surface area (Å²) < 4.78 is 5.09. The minimum Gasteiger partial charge on any atom is -0.385 e. The molecular formula is C13H21NO. The molecule has 1 aromatic rings. The normalized spacial score (nSPS) is 12.7. The van der Waals surface area contributed by atoms with Crippen LogP contribution in [-0.2, 0) is 11.2 Å². The first-order valence-corrected chi connectivity index (χ1v) is 5.48. The molecule has 2 heteroatoms. The quantitative estimate of drug-likeness (QED) is 0.772. The fraction of sp³-hybridized carbons (Fsp3) is 0.538. The zero-order valence-electron chi connectivity index (χ0n) is 9.92. The van der Waals surface area contributed by atoms with E-state index < -0.39 is 0 Å². The average molecular weight is 207 g/mol. The fourth-order valence-electron chi connectivity index (χ4n) is 1.62. The van der Waals surface area contributed by atoms with Crippen molar-refractivity contribution >= 4 is 0 Å². The third-order valence-corrected chi connectivity index (χ3v) is 2.68. The summed E-state index contributed by atoms with van der Waals surface area (Å²) in [6.45, 7) is 2.93. The Morgan fingerprint density at radius 3 is 2.47 bits per heavy atom. The Morgan fingerprint density at radius 1 is 1.27 bits per heavy atom. The molecule has 1 aromatic carbocycles. The Hall–Kier alpha value is -0.860.